The number of ether oxygens (including phenoxy) is 2. The van der Waals surface area contributed by atoms with Crippen molar-refractivity contribution in [3.63, 3.8) is 0 Å². The first-order valence-electron chi connectivity index (χ1n) is 15.1. The molecule has 0 amide bonds. The smallest absolute Gasteiger partial charge is 0.472 e. The summed E-state index contributed by atoms with van der Waals surface area (Å²) in [4.78, 5) is 55.1. The molecule has 0 aliphatic heterocycles. The maximum atomic E-state index is 12.2. The zero-order valence-corrected chi connectivity index (χ0v) is 26.0. The summed E-state index contributed by atoms with van der Waals surface area (Å²) in [7, 11) is -4.73. The lowest BCUT2D eigenvalue weighted by molar-refractivity contribution is -0.161. The molecular formula is C29H52NO11P. The van der Waals surface area contributed by atoms with E-state index in [0.29, 0.717) is 12.7 Å². The molecule has 0 aromatic heterocycles. The van der Waals surface area contributed by atoms with E-state index in [1.807, 2.05) is 0 Å². The second-order valence-corrected chi connectivity index (χ2v) is 11.6. The van der Waals surface area contributed by atoms with Crippen LogP contribution < -0.4 is 5.73 Å². The number of unbranched alkanes of at least 4 members (excludes halogenated alkanes) is 12. The van der Waals surface area contributed by atoms with Gasteiger partial charge in [0.2, 0.25) is 0 Å². The molecule has 4 N–H and O–H groups in total. The van der Waals surface area contributed by atoms with Gasteiger partial charge in [-0.2, -0.15) is 0 Å². The highest BCUT2D eigenvalue weighted by molar-refractivity contribution is 7.47. The van der Waals surface area contributed by atoms with E-state index in [0.717, 1.165) is 38.5 Å². The zero-order valence-electron chi connectivity index (χ0n) is 25.1. The predicted molar refractivity (Wildman–Crippen MR) is 158 cm³/mol. The van der Waals surface area contributed by atoms with E-state index in [4.69, 9.17) is 24.8 Å². The monoisotopic (exact) mass is 621 g/mol. The second kappa shape index (κ2) is 26.5. The Balaban J connectivity index is 4.27. The molecule has 0 saturated heterocycles. The van der Waals surface area contributed by atoms with Crippen molar-refractivity contribution in [3.8, 4) is 0 Å². The first-order valence-corrected chi connectivity index (χ1v) is 16.6. The number of hydrogen-bond acceptors (Lipinski definition) is 10. The van der Waals surface area contributed by atoms with Crippen LogP contribution in [0.4, 0.5) is 0 Å². The maximum Gasteiger partial charge on any atom is 0.472 e. The number of phosphoric acid groups is 1. The van der Waals surface area contributed by atoms with Gasteiger partial charge in [0.25, 0.3) is 0 Å². The SMILES string of the molecule is CCCCCCCC/C=C\CCCCCCCC(=O)OC[C@H](COP(=O)(O)OC[C@H](N)C(=O)O)OC(=O)CCCC=O. The standard InChI is InChI=1S/C29H52NO11P/c1-2-3-4-5-6-7-8-9-10-11-12-13-14-15-16-19-27(32)38-22-25(41-28(33)20-17-18-21-31)23-39-42(36,37)40-24-26(30)29(34)35/h9-10,21,25-26H,2-8,11-20,22-24,30H2,1H3,(H,34,35)(H,36,37)/b10-9-/t25-,26+/m1/s1. The van der Waals surface area contributed by atoms with Crippen molar-refractivity contribution >= 4 is 32.0 Å². The number of rotatable bonds is 29. The molecular weight excluding hydrogens is 569 g/mol. The molecule has 0 aliphatic rings. The van der Waals surface area contributed by atoms with E-state index in [9.17, 15) is 28.6 Å². The summed E-state index contributed by atoms with van der Waals surface area (Å²) in [6.07, 6.45) is 19.2. The number of carbonyl (C=O) groups excluding carboxylic acids is 3. The Morgan fingerprint density at radius 1 is 0.762 bits per heavy atom. The number of allylic oxidation sites excluding steroid dienone is 2. The highest BCUT2D eigenvalue weighted by atomic mass is 31.2. The number of carbonyl (C=O) groups is 4. The first kappa shape index (κ1) is 39.9. The van der Waals surface area contributed by atoms with Gasteiger partial charge < -0.3 is 30.0 Å². The fourth-order valence-electron chi connectivity index (χ4n) is 3.75. The topological polar surface area (TPSA) is 189 Å². The number of carboxylic acids is 1. The van der Waals surface area contributed by atoms with Crippen molar-refractivity contribution in [2.45, 2.75) is 128 Å². The van der Waals surface area contributed by atoms with Gasteiger partial charge >= 0.3 is 25.7 Å². The summed E-state index contributed by atoms with van der Waals surface area (Å²) in [5, 5.41) is 8.74. The normalized spacial score (nSPS) is 14.3. The molecule has 0 rings (SSSR count). The van der Waals surface area contributed by atoms with Crippen LogP contribution in [0.2, 0.25) is 0 Å². The highest BCUT2D eigenvalue weighted by Gasteiger charge is 2.28. The van der Waals surface area contributed by atoms with Gasteiger partial charge in [0.1, 0.15) is 18.9 Å². The Morgan fingerprint density at radius 3 is 1.90 bits per heavy atom. The van der Waals surface area contributed by atoms with Crippen LogP contribution in [0.3, 0.4) is 0 Å². The van der Waals surface area contributed by atoms with Gasteiger partial charge in [0, 0.05) is 19.3 Å². The van der Waals surface area contributed by atoms with Crippen LogP contribution in [0, 0.1) is 0 Å². The average molecular weight is 622 g/mol. The molecule has 0 fully saturated rings. The number of hydrogen-bond donors (Lipinski definition) is 3. The summed E-state index contributed by atoms with van der Waals surface area (Å²) < 4.78 is 31.7. The summed E-state index contributed by atoms with van der Waals surface area (Å²) in [6.45, 7) is 0.363. The van der Waals surface area contributed by atoms with E-state index in [2.05, 4.69) is 23.6 Å². The molecule has 0 aromatic rings. The lowest BCUT2D eigenvalue weighted by atomic mass is 10.1. The number of esters is 2. The molecule has 13 heteroatoms. The molecule has 0 saturated carbocycles. The molecule has 0 aliphatic carbocycles. The largest absolute Gasteiger partial charge is 0.480 e. The van der Waals surface area contributed by atoms with Crippen LogP contribution in [-0.4, -0.2) is 66.2 Å². The van der Waals surface area contributed by atoms with E-state index in [1.54, 1.807) is 0 Å². The predicted octanol–water partition coefficient (Wildman–Crippen LogP) is 5.39. The maximum absolute atomic E-state index is 12.2. The quantitative estimate of drug-likeness (QED) is 0.0318. The number of aliphatic carboxylic acids is 1. The van der Waals surface area contributed by atoms with Crippen molar-refractivity contribution in [1.82, 2.24) is 0 Å². The van der Waals surface area contributed by atoms with Crippen LogP contribution in [-0.2, 0) is 42.3 Å². The van der Waals surface area contributed by atoms with E-state index < -0.39 is 57.7 Å². The highest BCUT2D eigenvalue weighted by Crippen LogP contribution is 2.43. The van der Waals surface area contributed by atoms with E-state index in [-0.39, 0.29) is 25.7 Å². The number of carboxylic acid groups (broad SMARTS) is 1. The van der Waals surface area contributed by atoms with E-state index >= 15 is 0 Å². The molecule has 42 heavy (non-hydrogen) atoms. The number of nitrogens with two attached hydrogens (primary N) is 1. The van der Waals surface area contributed by atoms with Gasteiger partial charge in [0.05, 0.1) is 13.2 Å². The van der Waals surface area contributed by atoms with Crippen LogP contribution >= 0.6 is 7.82 Å². The van der Waals surface area contributed by atoms with Gasteiger partial charge in [-0.3, -0.25) is 23.4 Å². The van der Waals surface area contributed by atoms with Crippen LogP contribution in [0.15, 0.2) is 12.2 Å². The summed E-state index contributed by atoms with van der Waals surface area (Å²) >= 11 is 0. The van der Waals surface area contributed by atoms with Gasteiger partial charge in [-0.05, 0) is 38.5 Å². The lowest BCUT2D eigenvalue weighted by Gasteiger charge is -2.20. The summed E-state index contributed by atoms with van der Waals surface area (Å²) in [6, 6.07) is -1.54. The van der Waals surface area contributed by atoms with Gasteiger partial charge in [-0.1, -0.05) is 70.4 Å². The first-order chi connectivity index (χ1) is 20.1. The Labute approximate surface area is 250 Å². The third kappa shape index (κ3) is 25.6. The minimum Gasteiger partial charge on any atom is -0.480 e. The molecule has 3 atom stereocenters. The molecule has 0 radical (unpaired) electrons. The van der Waals surface area contributed by atoms with Gasteiger partial charge in [-0.25, -0.2) is 4.57 Å². The molecule has 244 valence electrons. The van der Waals surface area contributed by atoms with Crippen LogP contribution in [0.25, 0.3) is 0 Å². The van der Waals surface area contributed by atoms with Gasteiger partial charge in [-0.15, -0.1) is 0 Å². The molecule has 0 aromatic carbocycles. The molecule has 12 nitrogen and oxygen atoms in total. The fraction of sp³-hybridized carbons (Fsp3) is 0.793. The Bertz CT molecular complexity index is 821. The minimum atomic E-state index is -4.73. The summed E-state index contributed by atoms with van der Waals surface area (Å²) in [5.41, 5.74) is 5.23. The van der Waals surface area contributed by atoms with Crippen molar-refractivity contribution in [1.29, 1.82) is 0 Å². The Hall–Kier alpha value is -2.11. The third-order valence-electron chi connectivity index (χ3n) is 6.23. The van der Waals surface area contributed by atoms with Crippen LogP contribution in [0.5, 0.6) is 0 Å². The lowest BCUT2D eigenvalue weighted by Crippen LogP contribution is -2.34. The molecule has 1 unspecified atom stereocenters. The average Bonchev–Trinajstić information content (AvgIpc) is 2.95. The number of phosphoric ester groups is 1. The van der Waals surface area contributed by atoms with Crippen molar-refractivity contribution in [2.24, 2.45) is 5.73 Å². The van der Waals surface area contributed by atoms with Gasteiger partial charge in [0.15, 0.2) is 6.10 Å². The number of aldehydes is 1. The Morgan fingerprint density at radius 2 is 1.31 bits per heavy atom. The fourth-order valence-corrected chi connectivity index (χ4v) is 4.53. The summed E-state index contributed by atoms with van der Waals surface area (Å²) in [5.74, 6) is -2.65. The second-order valence-electron chi connectivity index (χ2n) is 10.2. The van der Waals surface area contributed by atoms with Crippen molar-refractivity contribution in [3.05, 3.63) is 12.2 Å². The molecule has 0 heterocycles. The third-order valence-corrected chi connectivity index (χ3v) is 7.18. The minimum absolute atomic E-state index is 0.0845. The van der Waals surface area contributed by atoms with Crippen LogP contribution in [0.1, 0.15) is 116 Å². The molecule has 0 bridgehead atoms. The van der Waals surface area contributed by atoms with E-state index in [1.165, 1.54) is 38.5 Å². The Kier molecular flexibility index (Phi) is 25.2. The van der Waals surface area contributed by atoms with Crippen molar-refractivity contribution < 1.29 is 52.3 Å². The molecule has 0 spiro atoms. The zero-order chi connectivity index (χ0) is 31.5. The van der Waals surface area contributed by atoms with Crippen molar-refractivity contribution in [2.75, 3.05) is 19.8 Å².